The fourth-order valence-electron chi connectivity index (χ4n) is 2.50. The Morgan fingerprint density at radius 2 is 2.14 bits per heavy atom. The van der Waals surface area contributed by atoms with Gasteiger partial charge in [0.1, 0.15) is 6.54 Å². The van der Waals surface area contributed by atoms with E-state index in [9.17, 15) is 4.79 Å². The second-order valence-corrected chi connectivity index (χ2v) is 5.30. The largest absolute Gasteiger partial charge is 0.360 e. The second-order valence-electron chi connectivity index (χ2n) is 5.30. The van der Waals surface area contributed by atoms with E-state index in [4.69, 9.17) is 4.52 Å². The quantitative estimate of drug-likeness (QED) is 0.821. The fourth-order valence-corrected chi connectivity index (χ4v) is 2.50. The Morgan fingerprint density at radius 1 is 1.33 bits per heavy atom. The van der Waals surface area contributed by atoms with Crippen molar-refractivity contribution in [3.05, 3.63) is 36.0 Å². The molecule has 0 unspecified atom stereocenters. The van der Waals surface area contributed by atoms with Gasteiger partial charge in [-0.25, -0.2) is 0 Å². The highest BCUT2D eigenvalue weighted by Gasteiger charge is 2.22. The summed E-state index contributed by atoms with van der Waals surface area (Å²) in [4.78, 5) is 16.3. The van der Waals surface area contributed by atoms with E-state index in [1.54, 1.807) is 17.1 Å². The zero-order valence-electron chi connectivity index (χ0n) is 12.1. The molecule has 1 amide bonds. The van der Waals surface area contributed by atoms with Crippen molar-refractivity contribution in [2.75, 3.05) is 26.2 Å². The van der Waals surface area contributed by atoms with Crippen LogP contribution in [-0.2, 0) is 17.9 Å². The first-order valence-corrected chi connectivity index (χ1v) is 7.10. The van der Waals surface area contributed by atoms with E-state index in [1.807, 2.05) is 24.0 Å². The van der Waals surface area contributed by atoms with Gasteiger partial charge in [0.2, 0.25) is 5.91 Å². The third kappa shape index (κ3) is 3.49. The topological polar surface area (TPSA) is 67.4 Å². The molecule has 7 heteroatoms. The van der Waals surface area contributed by atoms with Gasteiger partial charge < -0.3 is 9.42 Å². The second kappa shape index (κ2) is 6.09. The fraction of sp³-hybridized carbons (Fsp3) is 0.500. The Labute approximate surface area is 123 Å². The molecule has 0 N–H and O–H groups in total. The van der Waals surface area contributed by atoms with Gasteiger partial charge in [-0.05, 0) is 13.0 Å². The summed E-state index contributed by atoms with van der Waals surface area (Å²) in [6.45, 7) is 6.17. The highest BCUT2D eigenvalue weighted by atomic mass is 16.5. The molecule has 1 saturated heterocycles. The summed E-state index contributed by atoms with van der Waals surface area (Å²) in [5.41, 5.74) is 0.901. The summed E-state index contributed by atoms with van der Waals surface area (Å²) in [6, 6.07) is 3.78. The highest BCUT2D eigenvalue weighted by molar-refractivity contribution is 5.76. The number of carbonyl (C=O) groups is 1. The molecule has 0 saturated carbocycles. The van der Waals surface area contributed by atoms with Crippen molar-refractivity contribution >= 4 is 5.91 Å². The van der Waals surface area contributed by atoms with Crippen molar-refractivity contribution in [3.63, 3.8) is 0 Å². The summed E-state index contributed by atoms with van der Waals surface area (Å²) >= 11 is 0. The first kappa shape index (κ1) is 13.8. The van der Waals surface area contributed by atoms with Gasteiger partial charge in [-0.2, -0.15) is 5.10 Å². The van der Waals surface area contributed by atoms with Crippen LogP contribution in [0.1, 0.15) is 11.5 Å². The van der Waals surface area contributed by atoms with E-state index in [2.05, 4.69) is 15.2 Å². The van der Waals surface area contributed by atoms with Crippen LogP contribution in [0.5, 0.6) is 0 Å². The molecule has 1 aliphatic heterocycles. The molecule has 0 aliphatic carbocycles. The minimum absolute atomic E-state index is 0.119. The van der Waals surface area contributed by atoms with Crippen LogP contribution in [0, 0.1) is 6.92 Å². The molecule has 3 heterocycles. The Balaban J connectivity index is 1.47. The lowest BCUT2D eigenvalue weighted by Gasteiger charge is -2.34. The average Bonchev–Trinajstić information content (AvgIpc) is 3.12. The van der Waals surface area contributed by atoms with E-state index in [0.717, 1.165) is 44.2 Å². The van der Waals surface area contributed by atoms with Crippen LogP contribution in [0.15, 0.2) is 29.0 Å². The number of piperazine rings is 1. The molecule has 0 aromatic carbocycles. The molecule has 21 heavy (non-hydrogen) atoms. The van der Waals surface area contributed by atoms with Crippen molar-refractivity contribution in [1.29, 1.82) is 0 Å². The minimum Gasteiger partial charge on any atom is -0.360 e. The lowest BCUT2D eigenvalue weighted by molar-refractivity contribution is -0.133. The molecule has 2 aromatic rings. The van der Waals surface area contributed by atoms with Crippen LogP contribution in [0.25, 0.3) is 0 Å². The van der Waals surface area contributed by atoms with Crippen LogP contribution < -0.4 is 0 Å². The van der Waals surface area contributed by atoms with Gasteiger partial charge in [0.25, 0.3) is 0 Å². The maximum Gasteiger partial charge on any atom is 0.244 e. The standard InChI is InChI=1S/C14H19N5O2/c1-12-9-13(21-16-12)10-17-5-7-18(8-6-17)14(20)11-19-4-2-3-15-19/h2-4,9H,5-8,10-11H2,1H3. The number of hydrogen-bond donors (Lipinski definition) is 0. The monoisotopic (exact) mass is 289 g/mol. The third-order valence-electron chi connectivity index (χ3n) is 3.64. The number of nitrogens with zero attached hydrogens (tertiary/aromatic N) is 5. The molecular weight excluding hydrogens is 270 g/mol. The predicted molar refractivity (Wildman–Crippen MR) is 75.3 cm³/mol. The molecule has 0 bridgehead atoms. The van der Waals surface area contributed by atoms with Gasteiger partial charge in [0.05, 0.1) is 12.2 Å². The summed E-state index contributed by atoms with van der Waals surface area (Å²) in [7, 11) is 0. The van der Waals surface area contributed by atoms with Crippen LogP contribution in [0.3, 0.4) is 0 Å². The Morgan fingerprint density at radius 3 is 2.76 bits per heavy atom. The van der Waals surface area contributed by atoms with E-state index in [0.29, 0.717) is 6.54 Å². The van der Waals surface area contributed by atoms with Crippen molar-refractivity contribution < 1.29 is 9.32 Å². The third-order valence-corrected chi connectivity index (χ3v) is 3.64. The molecular formula is C14H19N5O2. The number of carbonyl (C=O) groups excluding carboxylic acids is 1. The van der Waals surface area contributed by atoms with E-state index < -0.39 is 0 Å². The predicted octanol–water partition coefficient (Wildman–Crippen LogP) is 0.524. The van der Waals surface area contributed by atoms with E-state index in [1.165, 1.54) is 0 Å². The lowest BCUT2D eigenvalue weighted by Crippen LogP contribution is -2.49. The number of aromatic nitrogens is 3. The zero-order valence-corrected chi connectivity index (χ0v) is 12.1. The minimum atomic E-state index is 0.119. The maximum atomic E-state index is 12.2. The first-order chi connectivity index (χ1) is 10.2. The van der Waals surface area contributed by atoms with Crippen LogP contribution in [0.2, 0.25) is 0 Å². The highest BCUT2D eigenvalue weighted by Crippen LogP contribution is 2.10. The lowest BCUT2D eigenvalue weighted by atomic mass is 10.3. The summed E-state index contributed by atoms with van der Waals surface area (Å²) in [5, 5.41) is 7.95. The van der Waals surface area contributed by atoms with E-state index in [-0.39, 0.29) is 5.91 Å². The molecule has 0 atom stereocenters. The van der Waals surface area contributed by atoms with Gasteiger partial charge in [-0.15, -0.1) is 0 Å². The van der Waals surface area contributed by atoms with Crippen molar-refractivity contribution in [2.24, 2.45) is 0 Å². The molecule has 7 nitrogen and oxygen atoms in total. The number of hydrogen-bond acceptors (Lipinski definition) is 5. The molecule has 0 spiro atoms. The molecule has 1 aliphatic rings. The van der Waals surface area contributed by atoms with Crippen molar-refractivity contribution in [1.82, 2.24) is 24.7 Å². The van der Waals surface area contributed by atoms with E-state index >= 15 is 0 Å². The van der Waals surface area contributed by atoms with Gasteiger partial charge in [0, 0.05) is 44.6 Å². The van der Waals surface area contributed by atoms with Crippen LogP contribution in [-0.4, -0.2) is 56.8 Å². The van der Waals surface area contributed by atoms with Gasteiger partial charge in [-0.3, -0.25) is 14.4 Å². The Hall–Kier alpha value is -2.15. The van der Waals surface area contributed by atoms with Gasteiger partial charge >= 0.3 is 0 Å². The average molecular weight is 289 g/mol. The molecule has 2 aromatic heterocycles. The summed E-state index contributed by atoms with van der Waals surface area (Å²) in [6.07, 6.45) is 3.49. The molecule has 112 valence electrons. The molecule has 0 radical (unpaired) electrons. The Bertz CT molecular complexity index is 584. The van der Waals surface area contributed by atoms with Gasteiger partial charge in [-0.1, -0.05) is 5.16 Å². The number of aryl methyl sites for hydroxylation is 1. The molecule has 3 rings (SSSR count). The SMILES string of the molecule is Cc1cc(CN2CCN(C(=O)Cn3cccn3)CC2)on1. The van der Waals surface area contributed by atoms with Crippen molar-refractivity contribution in [3.8, 4) is 0 Å². The van der Waals surface area contributed by atoms with Crippen LogP contribution in [0.4, 0.5) is 0 Å². The maximum absolute atomic E-state index is 12.2. The zero-order chi connectivity index (χ0) is 14.7. The first-order valence-electron chi connectivity index (χ1n) is 7.10. The van der Waals surface area contributed by atoms with Gasteiger partial charge in [0.15, 0.2) is 5.76 Å². The smallest absolute Gasteiger partial charge is 0.244 e. The molecule has 1 fully saturated rings. The number of rotatable bonds is 4. The summed E-state index contributed by atoms with van der Waals surface area (Å²) < 4.78 is 6.89. The van der Waals surface area contributed by atoms with Crippen LogP contribution >= 0.6 is 0 Å². The normalized spacial score (nSPS) is 16.3. The number of amides is 1. The summed E-state index contributed by atoms with van der Waals surface area (Å²) in [5.74, 6) is 0.998. The Kier molecular flexibility index (Phi) is 4.01. The van der Waals surface area contributed by atoms with Crippen molar-refractivity contribution in [2.45, 2.75) is 20.0 Å².